The summed E-state index contributed by atoms with van der Waals surface area (Å²) in [7, 11) is 3.27. The maximum atomic E-state index is 11.6. The standard InChI is InChI=1S/C11H20N2O3/c1-4-7-12-10(14)13-8-5-11(15-2,16-3)6-9-13/h4H,1,5-9H2,2-3H3,(H,12,14). The van der Waals surface area contributed by atoms with Crippen molar-refractivity contribution in [2.45, 2.75) is 18.6 Å². The van der Waals surface area contributed by atoms with Crippen LogP contribution in [0, 0.1) is 0 Å². The van der Waals surface area contributed by atoms with Crippen molar-refractivity contribution >= 4 is 6.03 Å². The fraction of sp³-hybridized carbons (Fsp3) is 0.727. The molecule has 5 nitrogen and oxygen atoms in total. The highest BCUT2D eigenvalue weighted by molar-refractivity contribution is 5.74. The molecule has 1 heterocycles. The molecule has 1 aliphatic rings. The zero-order valence-corrected chi connectivity index (χ0v) is 9.99. The van der Waals surface area contributed by atoms with Gasteiger partial charge < -0.3 is 19.7 Å². The Morgan fingerprint density at radius 1 is 1.44 bits per heavy atom. The van der Waals surface area contributed by atoms with E-state index in [1.54, 1.807) is 25.2 Å². The summed E-state index contributed by atoms with van der Waals surface area (Å²) in [5, 5.41) is 2.75. The van der Waals surface area contributed by atoms with E-state index < -0.39 is 5.79 Å². The molecule has 2 amide bonds. The molecule has 0 aliphatic carbocycles. The number of rotatable bonds is 4. The Morgan fingerprint density at radius 2 is 2.00 bits per heavy atom. The highest BCUT2D eigenvalue weighted by Gasteiger charge is 2.35. The molecule has 16 heavy (non-hydrogen) atoms. The third-order valence-corrected chi connectivity index (χ3v) is 2.95. The van der Waals surface area contributed by atoms with Crippen molar-refractivity contribution < 1.29 is 14.3 Å². The first-order valence-corrected chi connectivity index (χ1v) is 5.41. The molecule has 0 bridgehead atoms. The monoisotopic (exact) mass is 228 g/mol. The summed E-state index contributed by atoms with van der Waals surface area (Å²) in [5.41, 5.74) is 0. The summed E-state index contributed by atoms with van der Waals surface area (Å²) in [6.45, 7) is 5.34. The molecule has 0 saturated carbocycles. The third-order valence-electron chi connectivity index (χ3n) is 2.95. The van der Waals surface area contributed by atoms with Crippen LogP contribution in [0.5, 0.6) is 0 Å². The van der Waals surface area contributed by atoms with E-state index in [1.807, 2.05) is 0 Å². The first-order chi connectivity index (χ1) is 7.67. The third kappa shape index (κ3) is 2.96. The second kappa shape index (κ2) is 5.86. The lowest BCUT2D eigenvalue weighted by Gasteiger charge is -2.39. The Bertz CT molecular complexity index is 242. The van der Waals surface area contributed by atoms with Gasteiger partial charge in [-0.1, -0.05) is 6.08 Å². The molecule has 1 aliphatic heterocycles. The highest BCUT2D eigenvalue weighted by Crippen LogP contribution is 2.26. The maximum absolute atomic E-state index is 11.6. The lowest BCUT2D eigenvalue weighted by molar-refractivity contribution is -0.226. The van der Waals surface area contributed by atoms with Gasteiger partial charge in [0.25, 0.3) is 0 Å². The molecule has 0 unspecified atom stereocenters. The van der Waals surface area contributed by atoms with E-state index in [0.29, 0.717) is 32.5 Å². The number of hydrogen-bond donors (Lipinski definition) is 1. The van der Waals surface area contributed by atoms with Crippen molar-refractivity contribution in [1.82, 2.24) is 10.2 Å². The number of ether oxygens (including phenoxy) is 2. The zero-order chi connectivity index (χ0) is 12.0. The van der Waals surface area contributed by atoms with Crippen LogP contribution in [0.15, 0.2) is 12.7 Å². The van der Waals surface area contributed by atoms with Gasteiger partial charge >= 0.3 is 6.03 Å². The maximum Gasteiger partial charge on any atom is 0.317 e. The number of amides is 2. The van der Waals surface area contributed by atoms with Crippen molar-refractivity contribution in [3.63, 3.8) is 0 Å². The van der Waals surface area contributed by atoms with Gasteiger partial charge in [-0.05, 0) is 0 Å². The minimum atomic E-state index is -0.519. The number of carbonyl (C=O) groups excluding carboxylic acids is 1. The van der Waals surface area contributed by atoms with Gasteiger partial charge in [0.15, 0.2) is 5.79 Å². The number of urea groups is 1. The molecule has 1 N–H and O–H groups in total. The molecule has 5 heteroatoms. The van der Waals surface area contributed by atoms with Crippen molar-refractivity contribution in [2.75, 3.05) is 33.9 Å². The van der Waals surface area contributed by atoms with E-state index in [1.165, 1.54) is 0 Å². The van der Waals surface area contributed by atoms with Crippen LogP contribution in [0.3, 0.4) is 0 Å². The van der Waals surface area contributed by atoms with Crippen molar-refractivity contribution in [3.05, 3.63) is 12.7 Å². The molecule has 0 aromatic carbocycles. The zero-order valence-electron chi connectivity index (χ0n) is 9.99. The summed E-state index contributed by atoms with van der Waals surface area (Å²) in [4.78, 5) is 13.4. The van der Waals surface area contributed by atoms with E-state index >= 15 is 0 Å². The van der Waals surface area contributed by atoms with Crippen molar-refractivity contribution in [2.24, 2.45) is 0 Å². The summed E-state index contributed by atoms with van der Waals surface area (Å²) < 4.78 is 10.7. The van der Waals surface area contributed by atoms with E-state index in [9.17, 15) is 4.79 Å². The van der Waals surface area contributed by atoms with Crippen LogP contribution in [0.25, 0.3) is 0 Å². The van der Waals surface area contributed by atoms with Gasteiger partial charge in [0.05, 0.1) is 0 Å². The Kier molecular flexibility index (Phi) is 4.76. The van der Waals surface area contributed by atoms with Gasteiger partial charge in [-0.3, -0.25) is 0 Å². The predicted molar refractivity (Wildman–Crippen MR) is 61.2 cm³/mol. The number of piperidine rings is 1. The summed E-state index contributed by atoms with van der Waals surface area (Å²) in [5.74, 6) is -0.519. The van der Waals surface area contributed by atoms with Crippen LogP contribution in [-0.2, 0) is 9.47 Å². The van der Waals surface area contributed by atoms with Gasteiger partial charge in [0.1, 0.15) is 0 Å². The smallest absolute Gasteiger partial charge is 0.317 e. The van der Waals surface area contributed by atoms with E-state index in [0.717, 1.165) is 0 Å². The normalized spacial score (nSPS) is 19.2. The molecule has 0 radical (unpaired) electrons. The minimum absolute atomic E-state index is 0.0549. The van der Waals surface area contributed by atoms with Crippen LogP contribution in [0.1, 0.15) is 12.8 Å². The fourth-order valence-electron chi connectivity index (χ4n) is 1.81. The predicted octanol–water partition coefficient (Wildman–Crippen LogP) is 0.967. The van der Waals surface area contributed by atoms with Crippen molar-refractivity contribution in [1.29, 1.82) is 0 Å². The molecule has 0 spiro atoms. The van der Waals surface area contributed by atoms with Crippen LogP contribution < -0.4 is 5.32 Å². The lowest BCUT2D eigenvalue weighted by atomic mass is 10.0. The quantitative estimate of drug-likeness (QED) is 0.576. The summed E-state index contributed by atoms with van der Waals surface area (Å²) in [6, 6.07) is -0.0549. The molecule has 0 aromatic rings. The Morgan fingerprint density at radius 3 is 2.44 bits per heavy atom. The largest absolute Gasteiger partial charge is 0.353 e. The number of likely N-dealkylation sites (tertiary alicyclic amines) is 1. The van der Waals surface area contributed by atoms with Gasteiger partial charge in [-0.2, -0.15) is 0 Å². The van der Waals surface area contributed by atoms with Crippen LogP contribution >= 0.6 is 0 Å². The number of nitrogens with one attached hydrogen (secondary N) is 1. The Balaban J connectivity index is 2.41. The number of nitrogens with zero attached hydrogens (tertiary/aromatic N) is 1. The van der Waals surface area contributed by atoms with E-state index in [-0.39, 0.29) is 6.03 Å². The second-order valence-corrected chi connectivity index (χ2v) is 3.78. The highest BCUT2D eigenvalue weighted by atomic mass is 16.7. The molecular weight excluding hydrogens is 208 g/mol. The molecule has 92 valence electrons. The van der Waals surface area contributed by atoms with Gasteiger partial charge in [0, 0.05) is 46.7 Å². The molecular formula is C11H20N2O3. The first-order valence-electron chi connectivity index (χ1n) is 5.41. The average molecular weight is 228 g/mol. The molecule has 0 aromatic heterocycles. The van der Waals surface area contributed by atoms with Crippen LogP contribution in [0.4, 0.5) is 4.79 Å². The Hall–Kier alpha value is -1.07. The van der Waals surface area contributed by atoms with E-state index in [4.69, 9.17) is 9.47 Å². The van der Waals surface area contributed by atoms with Gasteiger partial charge in [0.2, 0.25) is 0 Å². The summed E-state index contributed by atoms with van der Waals surface area (Å²) in [6.07, 6.45) is 3.06. The molecule has 0 atom stereocenters. The van der Waals surface area contributed by atoms with Crippen LogP contribution in [0.2, 0.25) is 0 Å². The lowest BCUT2D eigenvalue weighted by Crippen LogP contribution is -2.51. The number of hydrogen-bond acceptors (Lipinski definition) is 3. The first kappa shape index (κ1) is 13.0. The van der Waals surface area contributed by atoms with Gasteiger partial charge in [-0.15, -0.1) is 6.58 Å². The average Bonchev–Trinajstić information content (AvgIpc) is 2.36. The second-order valence-electron chi connectivity index (χ2n) is 3.78. The van der Waals surface area contributed by atoms with Crippen molar-refractivity contribution in [3.8, 4) is 0 Å². The fourth-order valence-corrected chi connectivity index (χ4v) is 1.81. The molecule has 1 fully saturated rings. The minimum Gasteiger partial charge on any atom is -0.353 e. The molecule has 1 rings (SSSR count). The number of carbonyl (C=O) groups is 1. The number of methoxy groups -OCH3 is 2. The topological polar surface area (TPSA) is 50.8 Å². The Labute approximate surface area is 96.4 Å². The summed E-state index contributed by atoms with van der Waals surface area (Å²) >= 11 is 0. The van der Waals surface area contributed by atoms with Crippen LogP contribution in [-0.4, -0.2) is 50.6 Å². The SMILES string of the molecule is C=CCNC(=O)N1CCC(OC)(OC)CC1. The van der Waals surface area contributed by atoms with Gasteiger partial charge in [-0.25, -0.2) is 4.79 Å². The van der Waals surface area contributed by atoms with E-state index in [2.05, 4.69) is 11.9 Å². The molecule has 1 saturated heterocycles.